The number of carbonyl (C=O) groups is 2. The Labute approximate surface area is 131 Å². The van der Waals surface area contributed by atoms with Crippen LogP contribution in [0.4, 0.5) is 4.79 Å². The highest BCUT2D eigenvalue weighted by Gasteiger charge is 2.22. The summed E-state index contributed by atoms with van der Waals surface area (Å²) in [6.07, 6.45) is 2.94. The molecule has 22 heavy (non-hydrogen) atoms. The summed E-state index contributed by atoms with van der Waals surface area (Å²) in [7, 11) is -3.09. The van der Waals surface area contributed by atoms with Crippen LogP contribution in [-0.4, -0.2) is 44.5 Å². The lowest BCUT2D eigenvalue weighted by Crippen LogP contribution is -2.39. The predicted octanol–water partition coefficient (Wildman–Crippen LogP) is 2.02. The molecule has 0 aromatic heterocycles. The van der Waals surface area contributed by atoms with E-state index in [-0.39, 0.29) is 12.7 Å². The Bertz CT molecular complexity index is 403. The van der Waals surface area contributed by atoms with E-state index in [1.165, 1.54) is 6.26 Å². The van der Waals surface area contributed by atoms with Gasteiger partial charge in [0.2, 0.25) is 0 Å². The molecule has 0 aliphatic heterocycles. The molecule has 0 aromatic rings. The van der Waals surface area contributed by atoms with Crippen LogP contribution in [0.5, 0.6) is 0 Å². The van der Waals surface area contributed by atoms with Gasteiger partial charge in [-0.3, -0.25) is 14.7 Å². The molecule has 0 rings (SSSR count). The average molecular weight is 336 g/mol. The molecule has 0 radical (unpaired) electrons. The first-order valence-electron chi connectivity index (χ1n) is 7.22. The van der Waals surface area contributed by atoms with Crippen molar-refractivity contribution in [1.29, 1.82) is 0 Å². The van der Waals surface area contributed by atoms with Crippen molar-refractivity contribution in [3.63, 3.8) is 0 Å². The van der Waals surface area contributed by atoms with Gasteiger partial charge in [0.15, 0.2) is 0 Å². The number of carbonyl (C=O) groups excluding carboxylic acids is 2. The number of imide groups is 1. The zero-order chi connectivity index (χ0) is 16.8. The first kappa shape index (κ1) is 20.6. The van der Waals surface area contributed by atoms with Crippen LogP contribution in [0.2, 0.25) is 0 Å². The third kappa shape index (κ3) is 10.4. The smallest absolute Gasteiger partial charge is 0.330 e. The van der Waals surface area contributed by atoms with E-state index in [2.05, 4.69) is 10.6 Å². The normalized spacial score (nSPS) is 11.4. The van der Waals surface area contributed by atoms with E-state index in [4.69, 9.17) is 13.8 Å². The molecule has 0 saturated heterocycles. The minimum Gasteiger partial charge on any atom is -0.501 e. The van der Waals surface area contributed by atoms with Crippen molar-refractivity contribution in [1.82, 2.24) is 10.6 Å². The van der Waals surface area contributed by atoms with Crippen LogP contribution in [0.25, 0.3) is 0 Å². The van der Waals surface area contributed by atoms with Gasteiger partial charge in [-0.1, -0.05) is 0 Å². The maximum atomic E-state index is 12.1. The zero-order valence-corrected chi connectivity index (χ0v) is 14.2. The molecule has 0 heterocycles. The van der Waals surface area contributed by atoms with Crippen LogP contribution < -0.4 is 10.6 Å². The van der Waals surface area contributed by atoms with Gasteiger partial charge in [-0.15, -0.1) is 0 Å². The molecule has 0 aliphatic carbocycles. The lowest BCUT2D eigenvalue weighted by Gasteiger charge is -2.16. The Balaban J connectivity index is 3.97. The molecule has 0 aromatic carbocycles. The first-order chi connectivity index (χ1) is 10.5. The molecule has 9 heteroatoms. The van der Waals surface area contributed by atoms with E-state index >= 15 is 0 Å². The van der Waals surface area contributed by atoms with Gasteiger partial charge in [0.25, 0.3) is 5.91 Å². The average Bonchev–Trinajstić information content (AvgIpc) is 2.44. The van der Waals surface area contributed by atoms with Gasteiger partial charge >= 0.3 is 13.6 Å². The summed E-state index contributed by atoms with van der Waals surface area (Å²) >= 11 is 0. The van der Waals surface area contributed by atoms with E-state index < -0.39 is 19.5 Å². The maximum absolute atomic E-state index is 12.1. The highest BCUT2D eigenvalue weighted by Crippen LogP contribution is 2.48. The van der Waals surface area contributed by atoms with E-state index in [1.807, 2.05) is 0 Å². The van der Waals surface area contributed by atoms with Crippen molar-refractivity contribution in [2.45, 2.75) is 27.2 Å². The zero-order valence-electron chi connectivity index (χ0n) is 13.3. The van der Waals surface area contributed by atoms with Gasteiger partial charge in [0.1, 0.15) is 0 Å². The molecule has 2 N–H and O–H groups in total. The number of rotatable bonds is 11. The predicted molar refractivity (Wildman–Crippen MR) is 82.6 cm³/mol. The Morgan fingerprint density at radius 1 is 1.09 bits per heavy atom. The summed E-state index contributed by atoms with van der Waals surface area (Å²) in [6.45, 7) is 6.53. The molecule has 0 spiro atoms. The standard InChI is InChI=1S/C13H25N2O6P/c1-4-19-10-8-12(16)15-13(17)14-9-7-11-22(18,20-5-2)21-6-3/h8,10H,4-7,9,11H2,1-3H3,(H2,14,15,16,17)/b10-8+. The van der Waals surface area contributed by atoms with Gasteiger partial charge in [-0.25, -0.2) is 4.79 Å². The van der Waals surface area contributed by atoms with Crippen LogP contribution in [-0.2, 0) is 23.1 Å². The van der Waals surface area contributed by atoms with Gasteiger partial charge in [0.05, 0.1) is 32.2 Å². The fourth-order valence-corrected chi connectivity index (χ4v) is 3.10. The minimum atomic E-state index is -3.09. The highest BCUT2D eigenvalue weighted by molar-refractivity contribution is 7.53. The van der Waals surface area contributed by atoms with Crippen molar-refractivity contribution in [2.75, 3.05) is 32.5 Å². The van der Waals surface area contributed by atoms with Crippen molar-refractivity contribution in [2.24, 2.45) is 0 Å². The van der Waals surface area contributed by atoms with Gasteiger partial charge in [-0.05, 0) is 27.2 Å². The van der Waals surface area contributed by atoms with Crippen molar-refractivity contribution < 1.29 is 27.9 Å². The van der Waals surface area contributed by atoms with Crippen molar-refractivity contribution in [3.8, 4) is 0 Å². The summed E-state index contributed by atoms with van der Waals surface area (Å²) in [5.41, 5.74) is 0. The monoisotopic (exact) mass is 336 g/mol. The second-order valence-electron chi connectivity index (χ2n) is 4.03. The number of amides is 3. The quantitative estimate of drug-likeness (QED) is 0.259. The molecule has 128 valence electrons. The molecular formula is C13H25N2O6P. The van der Waals surface area contributed by atoms with Gasteiger partial charge < -0.3 is 19.1 Å². The third-order valence-corrected chi connectivity index (χ3v) is 4.43. The van der Waals surface area contributed by atoms with Crippen LogP contribution in [0, 0.1) is 0 Å². The summed E-state index contributed by atoms with van der Waals surface area (Å²) in [5, 5.41) is 4.58. The topological polar surface area (TPSA) is 103 Å². The van der Waals surface area contributed by atoms with Crippen LogP contribution in [0.3, 0.4) is 0 Å². The second kappa shape index (κ2) is 12.2. The fraction of sp³-hybridized carbons (Fsp3) is 0.692. The summed E-state index contributed by atoms with van der Waals surface area (Å²) in [4.78, 5) is 22.7. The molecular weight excluding hydrogens is 311 g/mol. The summed E-state index contributed by atoms with van der Waals surface area (Å²) in [5.74, 6) is -0.583. The largest absolute Gasteiger partial charge is 0.501 e. The maximum Gasteiger partial charge on any atom is 0.330 e. The summed E-state index contributed by atoms with van der Waals surface area (Å²) < 4.78 is 27.2. The third-order valence-electron chi connectivity index (χ3n) is 2.26. The first-order valence-corrected chi connectivity index (χ1v) is 8.95. The summed E-state index contributed by atoms with van der Waals surface area (Å²) in [6, 6.07) is -0.631. The van der Waals surface area contributed by atoms with Gasteiger partial charge in [0, 0.05) is 12.6 Å². The molecule has 0 fully saturated rings. The molecule has 0 unspecified atom stereocenters. The van der Waals surface area contributed by atoms with Crippen LogP contribution in [0.15, 0.2) is 12.3 Å². The highest BCUT2D eigenvalue weighted by atomic mass is 31.2. The Hall–Kier alpha value is -1.37. The number of ether oxygens (including phenoxy) is 1. The Morgan fingerprint density at radius 3 is 2.27 bits per heavy atom. The molecule has 0 bridgehead atoms. The fourth-order valence-electron chi connectivity index (χ4n) is 1.44. The van der Waals surface area contributed by atoms with Crippen molar-refractivity contribution >= 4 is 19.5 Å². The Morgan fingerprint density at radius 2 is 1.73 bits per heavy atom. The van der Waals surface area contributed by atoms with E-state index in [0.717, 1.165) is 6.08 Å². The van der Waals surface area contributed by atoms with Crippen LogP contribution >= 0.6 is 7.60 Å². The molecule has 0 saturated carbocycles. The molecule has 0 atom stereocenters. The SMILES string of the molecule is CCO/C=C/C(=O)NC(=O)NCCCP(=O)(OCC)OCC. The number of hydrogen-bond acceptors (Lipinski definition) is 6. The van der Waals surface area contributed by atoms with Crippen LogP contribution in [0.1, 0.15) is 27.2 Å². The molecule has 3 amide bonds. The van der Waals surface area contributed by atoms with E-state index in [1.54, 1.807) is 20.8 Å². The lowest BCUT2D eigenvalue weighted by atomic mass is 10.5. The van der Waals surface area contributed by atoms with E-state index in [9.17, 15) is 14.2 Å². The minimum absolute atomic E-state index is 0.202. The number of nitrogens with one attached hydrogen (secondary N) is 2. The van der Waals surface area contributed by atoms with Crippen molar-refractivity contribution in [3.05, 3.63) is 12.3 Å². The second-order valence-corrected chi connectivity index (χ2v) is 6.21. The van der Waals surface area contributed by atoms with Gasteiger partial charge in [-0.2, -0.15) is 0 Å². The number of hydrogen-bond donors (Lipinski definition) is 2. The lowest BCUT2D eigenvalue weighted by molar-refractivity contribution is -0.115. The number of urea groups is 1. The van der Waals surface area contributed by atoms with E-state index in [0.29, 0.717) is 26.2 Å². The Kier molecular flexibility index (Phi) is 11.4. The molecule has 0 aliphatic rings. The molecule has 8 nitrogen and oxygen atoms in total.